The lowest BCUT2D eigenvalue weighted by Crippen LogP contribution is -2.25. The van der Waals surface area contributed by atoms with Gasteiger partial charge in [-0.15, -0.1) is 5.10 Å². The molecule has 2 heterocycles. The SMILES string of the molecule is COc1nn(C)cc1C(=O)NCCc1cnc(-c2ccccc2)nc1. The van der Waals surface area contributed by atoms with Gasteiger partial charge in [0.05, 0.1) is 7.11 Å². The highest BCUT2D eigenvalue weighted by molar-refractivity contribution is 5.96. The summed E-state index contributed by atoms with van der Waals surface area (Å²) in [6.07, 6.45) is 5.84. The normalized spacial score (nSPS) is 10.5. The zero-order valence-electron chi connectivity index (χ0n) is 14.1. The van der Waals surface area contributed by atoms with Gasteiger partial charge in [-0.3, -0.25) is 9.48 Å². The van der Waals surface area contributed by atoms with Crippen molar-refractivity contribution in [2.24, 2.45) is 7.05 Å². The number of nitrogens with zero attached hydrogens (tertiary/aromatic N) is 4. The molecule has 0 spiro atoms. The van der Waals surface area contributed by atoms with Crippen molar-refractivity contribution < 1.29 is 9.53 Å². The standard InChI is InChI=1S/C18H19N5O2/c1-23-12-15(18(22-23)25-2)17(24)19-9-8-13-10-20-16(21-11-13)14-6-4-3-5-7-14/h3-7,10-12H,8-9H2,1-2H3,(H,19,24). The number of hydrogen-bond acceptors (Lipinski definition) is 5. The van der Waals surface area contributed by atoms with E-state index in [0.717, 1.165) is 11.1 Å². The fourth-order valence-corrected chi connectivity index (χ4v) is 2.41. The summed E-state index contributed by atoms with van der Waals surface area (Å²) in [6.45, 7) is 0.477. The molecule has 0 aliphatic carbocycles. The Hall–Kier alpha value is -3.22. The minimum absolute atomic E-state index is 0.216. The maximum atomic E-state index is 12.2. The first-order chi connectivity index (χ1) is 12.2. The number of methoxy groups -OCH3 is 1. The van der Waals surface area contributed by atoms with Gasteiger partial charge in [0.25, 0.3) is 5.91 Å². The Morgan fingerprint density at radius 2 is 1.92 bits per heavy atom. The van der Waals surface area contributed by atoms with Gasteiger partial charge >= 0.3 is 0 Å². The van der Waals surface area contributed by atoms with Gasteiger partial charge in [0.1, 0.15) is 5.56 Å². The molecule has 0 saturated carbocycles. The summed E-state index contributed by atoms with van der Waals surface area (Å²) in [7, 11) is 3.23. The molecule has 3 aromatic rings. The Labute approximate surface area is 145 Å². The van der Waals surface area contributed by atoms with E-state index in [1.807, 2.05) is 30.3 Å². The minimum atomic E-state index is -0.216. The summed E-state index contributed by atoms with van der Waals surface area (Å²) in [5.41, 5.74) is 2.35. The fraction of sp³-hybridized carbons (Fsp3) is 0.222. The lowest BCUT2D eigenvalue weighted by atomic mass is 10.2. The third-order valence-electron chi connectivity index (χ3n) is 3.67. The molecule has 128 valence electrons. The van der Waals surface area contributed by atoms with Crippen molar-refractivity contribution in [3.63, 3.8) is 0 Å². The summed E-state index contributed by atoms with van der Waals surface area (Å²) in [5.74, 6) is 0.788. The average Bonchev–Trinajstić information content (AvgIpc) is 3.04. The molecule has 0 aliphatic heterocycles. The molecule has 1 N–H and O–H groups in total. The molecule has 0 saturated heterocycles. The van der Waals surface area contributed by atoms with Crippen molar-refractivity contribution in [1.29, 1.82) is 0 Å². The molecule has 0 radical (unpaired) electrons. The zero-order valence-corrected chi connectivity index (χ0v) is 14.1. The quantitative estimate of drug-likeness (QED) is 0.742. The summed E-state index contributed by atoms with van der Waals surface area (Å²) in [6, 6.07) is 9.80. The molecule has 1 amide bonds. The minimum Gasteiger partial charge on any atom is -0.479 e. The molecule has 0 atom stereocenters. The second-order valence-electron chi connectivity index (χ2n) is 5.51. The summed E-state index contributed by atoms with van der Waals surface area (Å²) < 4.78 is 6.64. The number of rotatable bonds is 6. The van der Waals surface area contributed by atoms with Crippen LogP contribution in [0.3, 0.4) is 0 Å². The molecule has 2 aromatic heterocycles. The molecule has 0 bridgehead atoms. The van der Waals surface area contributed by atoms with E-state index in [4.69, 9.17) is 4.74 Å². The van der Waals surface area contributed by atoms with E-state index in [0.29, 0.717) is 30.2 Å². The van der Waals surface area contributed by atoms with Gasteiger partial charge < -0.3 is 10.1 Å². The predicted octanol–water partition coefficient (Wildman–Crippen LogP) is 1.86. The molecule has 0 fully saturated rings. The molecule has 0 aliphatic rings. The van der Waals surface area contributed by atoms with Crippen LogP contribution in [0.5, 0.6) is 5.88 Å². The Balaban J connectivity index is 1.56. The number of carbonyl (C=O) groups is 1. The van der Waals surface area contributed by atoms with Crippen LogP contribution >= 0.6 is 0 Å². The Morgan fingerprint density at radius 3 is 2.60 bits per heavy atom. The number of amides is 1. The highest BCUT2D eigenvalue weighted by Crippen LogP contribution is 2.15. The topological polar surface area (TPSA) is 81.9 Å². The maximum Gasteiger partial charge on any atom is 0.258 e. The highest BCUT2D eigenvalue weighted by atomic mass is 16.5. The Kier molecular flexibility index (Phi) is 5.03. The largest absolute Gasteiger partial charge is 0.479 e. The number of aryl methyl sites for hydroxylation is 1. The van der Waals surface area contributed by atoms with E-state index in [1.165, 1.54) is 7.11 Å². The van der Waals surface area contributed by atoms with E-state index in [9.17, 15) is 4.79 Å². The first-order valence-corrected chi connectivity index (χ1v) is 7.89. The molecule has 7 nitrogen and oxygen atoms in total. The van der Waals surface area contributed by atoms with E-state index in [-0.39, 0.29) is 5.91 Å². The van der Waals surface area contributed by atoms with Crippen LogP contribution < -0.4 is 10.1 Å². The summed E-state index contributed by atoms with van der Waals surface area (Å²) in [5, 5.41) is 6.92. The van der Waals surface area contributed by atoms with Crippen molar-refractivity contribution in [2.75, 3.05) is 13.7 Å². The van der Waals surface area contributed by atoms with E-state index >= 15 is 0 Å². The number of nitrogens with one attached hydrogen (secondary N) is 1. The number of ether oxygens (including phenoxy) is 1. The van der Waals surface area contributed by atoms with Crippen LogP contribution in [-0.4, -0.2) is 39.3 Å². The molecule has 0 unspecified atom stereocenters. The van der Waals surface area contributed by atoms with Crippen LogP contribution in [0.1, 0.15) is 15.9 Å². The van der Waals surface area contributed by atoms with Gasteiger partial charge in [-0.05, 0) is 12.0 Å². The van der Waals surface area contributed by atoms with Crippen LogP contribution in [0, 0.1) is 0 Å². The van der Waals surface area contributed by atoms with E-state index in [2.05, 4.69) is 20.4 Å². The first kappa shape index (κ1) is 16.6. The third kappa shape index (κ3) is 4.00. The first-order valence-electron chi connectivity index (χ1n) is 7.89. The maximum absolute atomic E-state index is 12.2. The van der Waals surface area contributed by atoms with Crippen molar-refractivity contribution in [3.8, 4) is 17.3 Å². The van der Waals surface area contributed by atoms with Crippen molar-refractivity contribution in [2.45, 2.75) is 6.42 Å². The zero-order chi connectivity index (χ0) is 17.6. The second-order valence-corrected chi connectivity index (χ2v) is 5.51. The summed E-state index contributed by atoms with van der Waals surface area (Å²) >= 11 is 0. The molecule has 3 rings (SSSR count). The Morgan fingerprint density at radius 1 is 1.20 bits per heavy atom. The average molecular weight is 337 g/mol. The van der Waals surface area contributed by atoms with Crippen LogP contribution in [0.25, 0.3) is 11.4 Å². The number of benzene rings is 1. The van der Waals surface area contributed by atoms with Gasteiger partial charge in [0, 0.05) is 37.7 Å². The number of carbonyl (C=O) groups excluding carboxylic acids is 1. The fourth-order valence-electron chi connectivity index (χ4n) is 2.41. The smallest absolute Gasteiger partial charge is 0.258 e. The van der Waals surface area contributed by atoms with Crippen LogP contribution in [0.15, 0.2) is 48.9 Å². The lowest BCUT2D eigenvalue weighted by molar-refractivity contribution is 0.0951. The molecule has 1 aromatic carbocycles. The van der Waals surface area contributed by atoms with Gasteiger partial charge in [-0.2, -0.15) is 0 Å². The second kappa shape index (κ2) is 7.57. The van der Waals surface area contributed by atoms with Crippen LogP contribution in [0.2, 0.25) is 0 Å². The van der Waals surface area contributed by atoms with Crippen molar-refractivity contribution in [3.05, 3.63) is 60.0 Å². The molecular formula is C18H19N5O2. The van der Waals surface area contributed by atoms with Gasteiger partial charge in [-0.1, -0.05) is 30.3 Å². The molecular weight excluding hydrogens is 318 g/mol. The van der Waals surface area contributed by atoms with Gasteiger partial charge in [0.15, 0.2) is 5.82 Å². The number of hydrogen-bond donors (Lipinski definition) is 1. The van der Waals surface area contributed by atoms with Gasteiger partial charge in [-0.25, -0.2) is 9.97 Å². The van der Waals surface area contributed by atoms with Gasteiger partial charge in [0.2, 0.25) is 5.88 Å². The van der Waals surface area contributed by atoms with Crippen molar-refractivity contribution in [1.82, 2.24) is 25.1 Å². The van der Waals surface area contributed by atoms with Crippen LogP contribution in [0.4, 0.5) is 0 Å². The molecule has 7 heteroatoms. The molecule has 25 heavy (non-hydrogen) atoms. The lowest BCUT2D eigenvalue weighted by Gasteiger charge is -2.05. The summed E-state index contributed by atoms with van der Waals surface area (Å²) in [4.78, 5) is 20.9. The van der Waals surface area contributed by atoms with Crippen LogP contribution in [-0.2, 0) is 13.5 Å². The highest BCUT2D eigenvalue weighted by Gasteiger charge is 2.15. The Bertz CT molecular complexity index is 844. The number of aromatic nitrogens is 4. The monoisotopic (exact) mass is 337 g/mol. The van der Waals surface area contributed by atoms with E-state index < -0.39 is 0 Å². The van der Waals surface area contributed by atoms with Crippen molar-refractivity contribution >= 4 is 5.91 Å². The third-order valence-corrected chi connectivity index (χ3v) is 3.67. The predicted molar refractivity (Wildman–Crippen MR) is 93.3 cm³/mol. The van der Waals surface area contributed by atoms with E-state index in [1.54, 1.807) is 30.3 Å².